The number of fused-ring (bicyclic) bond motifs is 1. The number of esters is 1. The minimum atomic E-state index is -3.68. The van der Waals surface area contributed by atoms with Crippen molar-refractivity contribution in [2.75, 3.05) is 25.5 Å². The number of para-hydroxylation sites is 1. The van der Waals surface area contributed by atoms with Gasteiger partial charge in [-0.25, -0.2) is 17.5 Å². The lowest BCUT2D eigenvalue weighted by Crippen LogP contribution is -2.42. The molecule has 154 valence electrons. The van der Waals surface area contributed by atoms with Gasteiger partial charge in [0.15, 0.2) is 6.10 Å². The largest absolute Gasteiger partial charge is 0.449 e. The van der Waals surface area contributed by atoms with Gasteiger partial charge in [0, 0.05) is 26.3 Å². The number of carbonyl (C=O) groups excluding carboxylic acids is 2. The number of anilines is 1. The second-order valence-electron chi connectivity index (χ2n) is 7.08. The predicted molar refractivity (Wildman–Crippen MR) is 109 cm³/mol. The first-order valence-electron chi connectivity index (χ1n) is 9.34. The fourth-order valence-corrected chi connectivity index (χ4v) is 4.20. The van der Waals surface area contributed by atoms with Crippen molar-refractivity contribution < 1.29 is 22.7 Å². The number of rotatable bonds is 5. The molecule has 8 heteroatoms. The van der Waals surface area contributed by atoms with Gasteiger partial charge in [-0.05, 0) is 49.6 Å². The van der Waals surface area contributed by atoms with Crippen LogP contribution in [0.1, 0.15) is 29.3 Å². The van der Waals surface area contributed by atoms with E-state index in [9.17, 15) is 18.0 Å². The summed E-state index contributed by atoms with van der Waals surface area (Å²) in [5.41, 5.74) is 2.00. The number of ether oxygens (including phenoxy) is 1. The molecule has 29 heavy (non-hydrogen) atoms. The van der Waals surface area contributed by atoms with Crippen LogP contribution in [0, 0.1) is 0 Å². The molecule has 1 atom stereocenters. The summed E-state index contributed by atoms with van der Waals surface area (Å²) in [6.07, 6.45) is 0.748. The van der Waals surface area contributed by atoms with Crippen molar-refractivity contribution in [2.24, 2.45) is 0 Å². The van der Waals surface area contributed by atoms with Gasteiger partial charge in [-0.1, -0.05) is 24.3 Å². The Kier molecular flexibility index (Phi) is 6.04. The van der Waals surface area contributed by atoms with E-state index in [4.69, 9.17) is 4.74 Å². The summed E-state index contributed by atoms with van der Waals surface area (Å²) in [6, 6.07) is 13.3. The summed E-state index contributed by atoms with van der Waals surface area (Å²) in [6.45, 7) is 2.09. The van der Waals surface area contributed by atoms with Crippen molar-refractivity contribution >= 4 is 27.6 Å². The van der Waals surface area contributed by atoms with Crippen molar-refractivity contribution in [1.29, 1.82) is 0 Å². The number of sulfonamides is 1. The lowest BCUT2D eigenvalue weighted by atomic mass is 10.0. The Morgan fingerprint density at radius 1 is 1.10 bits per heavy atom. The molecule has 0 radical (unpaired) electrons. The van der Waals surface area contributed by atoms with Gasteiger partial charge in [0.1, 0.15) is 0 Å². The molecular formula is C21H24N2O5S. The third kappa shape index (κ3) is 4.33. The fraction of sp³-hybridized carbons (Fsp3) is 0.333. The normalized spacial score (nSPS) is 15.0. The Morgan fingerprint density at radius 3 is 2.55 bits per heavy atom. The molecule has 0 saturated heterocycles. The monoisotopic (exact) mass is 416 g/mol. The van der Waals surface area contributed by atoms with Gasteiger partial charge < -0.3 is 9.64 Å². The summed E-state index contributed by atoms with van der Waals surface area (Å²) in [5, 5.41) is 0. The number of hydrogen-bond acceptors (Lipinski definition) is 5. The zero-order valence-corrected chi connectivity index (χ0v) is 17.5. The van der Waals surface area contributed by atoms with Gasteiger partial charge in [-0.3, -0.25) is 4.79 Å². The Balaban J connectivity index is 1.76. The topological polar surface area (TPSA) is 84.0 Å². The highest BCUT2D eigenvalue weighted by Gasteiger charge is 2.29. The standard InChI is InChI=1S/C21H24N2O5S/c1-15(20(24)23-13-7-10-16-8-4-5-12-19(16)23)28-21(25)17-9-6-11-18(14-17)29(26,27)22(2)3/h4-6,8-9,11-12,14-15H,7,10,13H2,1-3H3. The van der Waals surface area contributed by atoms with Crippen LogP contribution in [0.3, 0.4) is 0 Å². The predicted octanol–water partition coefficient (Wildman–Crippen LogP) is 2.46. The number of amides is 1. The molecule has 2 aromatic rings. The number of aryl methyl sites for hydroxylation is 1. The first-order valence-corrected chi connectivity index (χ1v) is 10.8. The maximum absolute atomic E-state index is 12.9. The third-order valence-electron chi connectivity index (χ3n) is 4.86. The van der Waals surface area contributed by atoms with E-state index in [1.54, 1.807) is 4.90 Å². The van der Waals surface area contributed by atoms with Gasteiger partial charge in [0.2, 0.25) is 10.0 Å². The lowest BCUT2D eigenvalue weighted by Gasteiger charge is -2.31. The van der Waals surface area contributed by atoms with Gasteiger partial charge >= 0.3 is 5.97 Å². The van der Waals surface area contributed by atoms with Crippen molar-refractivity contribution in [3.63, 3.8) is 0 Å². The Bertz CT molecular complexity index is 1030. The summed E-state index contributed by atoms with van der Waals surface area (Å²) < 4.78 is 31.0. The Morgan fingerprint density at radius 2 is 1.83 bits per heavy atom. The van der Waals surface area contributed by atoms with E-state index in [0.717, 1.165) is 28.4 Å². The minimum Gasteiger partial charge on any atom is -0.449 e. The molecule has 1 aliphatic heterocycles. The molecule has 3 rings (SSSR count). The van der Waals surface area contributed by atoms with Crippen LogP contribution >= 0.6 is 0 Å². The maximum atomic E-state index is 12.9. The molecule has 1 heterocycles. The molecule has 0 fully saturated rings. The second kappa shape index (κ2) is 8.34. The van der Waals surface area contributed by atoms with Crippen LogP contribution in [0.15, 0.2) is 53.4 Å². The van der Waals surface area contributed by atoms with Crippen LogP contribution in [-0.2, 0) is 26.0 Å². The number of hydrogen-bond donors (Lipinski definition) is 0. The molecule has 7 nitrogen and oxygen atoms in total. The SMILES string of the molecule is CC(OC(=O)c1cccc(S(=O)(=O)N(C)C)c1)C(=O)N1CCCc2ccccc21. The molecule has 0 aromatic heterocycles. The zero-order valence-electron chi connectivity index (χ0n) is 16.7. The van der Waals surface area contributed by atoms with E-state index >= 15 is 0 Å². The third-order valence-corrected chi connectivity index (χ3v) is 6.67. The summed E-state index contributed by atoms with van der Waals surface area (Å²) >= 11 is 0. The molecule has 1 aliphatic rings. The second-order valence-corrected chi connectivity index (χ2v) is 9.24. The first kappa shape index (κ1) is 21.0. The van der Waals surface area contributed by atoms with Crippen LogP contribution in [-0.4, -0.2) is 51.3 Å². The highest BCUT2D eigenvalue weighted by Crippen LogP contribution is 2.27. The van der Waals surface area contributed by atoms with E-state index in [2.05, 4.69) is 0 Å². The van der Waals surface area contributed by atoms with Crippen LogP contribution in [0.2, 0.25) is 0 Å². The van der Waals surface area contributed by atoms with Crippen molar-refractivity contribution in [2.45, 2.75) is 30.8 Å². The summed E-state index contributed by atoms with van der Waals surface area (Å²) in [4.78, 5) is 27.1. The average molecular weight is 416 g/mol. The average Bonchev–Trinajstić information content (AvgIpc) is 2.72. The number of benzene rings is 2. The molecule has 1 amide bonds. The van der Waals surface area contributed by atoms with Gasteiger partial charge in [-0.2, -0.15) is 0 Å². The highest BCUT2D eigenvalue weighted by atomic mass is 32.2. The molecule has 0 spiro atoms. The van der Waals surface area contributed by atoms with Crippen LogP contribution in [0.5, 0.6) is 0 Å². The lowest BCUT2D eigenvalue weighted by molar-refractivity contribution is -0.126. The highest BCUT2D eigenvalue weighted by molar-refractivity contribution is 7.89. The minimum absolute atomic E-state index is 0.0131. The molecular weight excluding hydrogens is 392 g/mol. The maximum Gasteiger partial charge on any atom is 0.338 e. The quantitative estimate of drug-likeness (QED) is 0.699. The van der Waals surface area contributed by atoms with E-state index < -0.39 is 22.1 Å². The van der Waals surface area contributed by atoms with Gasteiger partial charge in [-0.15, -0.1) is 0 Å². The number of nitrogens with zero attached hydrogens (tertiary/aromatic N) is 2. The van der Waals surface area contributed by atoms with E-state index in [-0.39, 0.29) is 16.4 Å². The van der Waals surface area contributed by atoms with Crippen molar-refractivity contribution in [1.82, 2.24) is 4.31 Å². The smallest absolute Gasteiger partial charge is 0.338 e. The molecule has 1 unspecified atom stereocenters. The molecule has 0 N–H and O–H groups in total. The Hall–Kier alpha value is -2.71. The van der Waals surface area contributed by atoms with Crippen LogP contribution < -0.4 is 4.90 Å². The first-order chi connectivity index (χ1) is 13.7. The van der Waals surface area contributed by atoms with Gasteiger partial charge in [0.25, 0.3) is 5.91 Å². The zero-order chi connectivity index (χ0) is 21.2. The molecule has 0 aliphatic carbocycles. The molecule has 2 aromatic carbocycles. The fourth-order valence-electron chi connectivity index (χ4n) is 3.26. The number of carbonyl (C=O) groups is 2. The van der Waals surface area contributed by atoms with E-state index in [1.807, 2.05) is 24.3 Å². The molecule has 0 saturated carbocycles. The van der Waals surface area contributed by atoms with Crippen molar-refractivity contribution in [3.05, 3.63) is 59.7 Å². The van der Waals surface area contributed by atoms with Crippen LogP contribution in [0.25, 0.3) is 0 Å². The summed E-state index contributed by atoms with van der Waals surface area (Å²) in [5.74, 6) is -1.05. The van der Waals surface area contributed by atoms with E-state index in [1.165, 1.54) is 45.3 Å². The van der Waals surface area contributed by atoms with Crippen LogP contribution in [0.4, 0.5) is 5.69 Å². The molecule has 0 bridgehead atoms. The summed E-state index contributed by atoms with van der Waals surface area (Å²) in [7, 11) is -0.849. The van der Waals surface area contributed by atoms with Gasteiger partial charge in [0.05, 0.1) is 10.5 Å². The Labute approximate surface area is 170 Å². The van der Waals surface area contributed by atoms with Crippen molar-refractivity contribution in [3.8, 4) is 0 Å². The van der Waals surface area contributed by atoms with E-state index in [0.29, 0.717) is 6.54 Å².